The summed E-state index contributed by atoms with van der Waals surface area (Å²) in [5, 5.41) is 11.5. The van der Waals surface area contributed by atoms with Gasteiger partial charge in [-0.15, -0.1) is 0 Å². The lowest BCUT2D eigenvalue weighted by Crippen LogP contribution is -2.40. The predicted molar refractivity (Wildman–Crippen MR) is 126 cm³/mol. The summed E-state index contributed by atoms with van der Waals surface area (Å²) in [5.74, 6) is 0.512. The molecule has 0 spiro atoms. The monoisotopic (exact) mass is 462 g/mol. The Morgan fingerprint density at radius 1 is 1.18 bits per heavy atom. The van der Waals surface area contributed by atoms with Gasteiger partial charge < -0.3 is 19.4 Å². The van der Waals surface area contributed by atoms with Crippen molar-refractivity contribution >= 4 is 23.0 Å². The van der Waals surface area contributed by atoms with Crippen LogP contribution < -0.4 is 10.2 Å². The van der Waals surface area contributed by atoms with Crippen LogP contribution in [0.1, 0.15) is 28.5 Å². The molecular formula is C24H26N6O4. The third-order valence-electron chi connectivity index (χ3n) is 6.00. The number of amides is 1. The van der Waals surface area contributed by atoms with E-state index in [-0.39, 0.29) is 24.0 Å². The minimum atomic E-state index is -0.179. The molecule has 1 fully saturated rings. The number of hydrogen-bond acceptors (Lipinski definition) is 8. The molecule has 10 nitrogen and oxygen atoms in total. The second kappa shape index (κ2) is 9.60. The number of fused-ring (bicyclic) bond motifs is 1. The topological polar surface area (TPSA) is 102 Å². The number of carbonyl (C=O) groups is 1. The maximum atomic E-state index is 12.8. The number of benzene rings is 1. The van der Waals surface area contributed by atoms with Gasteiger partial charge in [0.15, 0.2) is 0 Å². The van der Waals surface area contributed by atoms with Crippen LogP contribution in [0.3, 0.4) is 0 Å². The molecule has 0 aliphatic carbocycles. The fourth-order valence-electron chi connectivity index (χ4n) is 4.01. The molecule has 176 valence electrons. The number of morpholine rings is 1. The summed E-state index contributed by atoms with van der Waals surface area (Å²) in [7, 11) is 1.92. The van der Waals surface area contributed by atoms with Crippen LogP contribution in [0.5, 0.6) is 5.75 Å². The van der Waals surface area contributed by atoms with E-state index in [4.69, 9.17) is 9.47 Å². The molecule has 2 aliphatic heterocycles. The first-order valence-corrected chi connectivity index (χ1v) is 11.3. The van der Waals surface area contributed by atoms with E-state index in [1.54, 1.807) is 28.0 Å². The summed E-state index contributed by atoms with van der Waals surface area (Å²) < 4.78 is 13.0. The van der Waals surface area contributed by atoms with E-state index in [0.29, 0.717) is 43.3 Å². The number of aromatic nitrogens is 3. The first-order valence-electron chi connectivity index (χ1n) is 11.3. The van der Waals surface area contributed by atoms with Gasteiger partial charge in [0.05, 0.1) is 30.3 Å². The molecule has 0 bridgehead atoms. The molecule has 2 aliphatic rings. The highest BCUT2D eigenvalue weighted by molar-refractivity contribution is 5.97. The van der Waals surface area contributed by atoms with Crippen molar-refractivity contribution in [3.63, 3.8) is 0 Å². The Morgan fingerprint density at radius 2 is 2.03 bits per heavy atom. The number of hydrazone groups is 1. The second-order valence-corrected chi connectivity index (χ2v) is 8.38. The molecule has 1 saturated heterocycles. The zero-order valence-electron chi connectivity index (χ0n) is 19.0. The SMILES string of the molecule is CN1CCC(n2ccc(=O)c(COc3ccc4ncc(C(=O)N5CCOCC5)cc4c3)n2)C=N1. The van der Waals surface area contributed by atoms with E-state index in [2.05, 4.69) is 15.2 Å². The lowest BCUT2D eigenvalue weighted by Gasteiger charge is -2.26. The molecule has 0 saturated carbocycles. The first kappa shape index (κ1) is 22.0. The summed E-state index contributed by atoms with van der Waals surface area (Å²) in [6.45, 7) is 3.10. The molecular weight excluding hydrogens is 436 g/mol. The molecule has 1 amide bonds. The second-order valence-electron chi connectivity index (χ2n) is 8.38. The lowest BCUT2D eigenvalue weighted by atomic mass is 10.1. The van der Waals surface area contributed by atoms with Gasteiger partial charge >= 0.3 is 0 Å². The number of carbonyl (C=O) groups excluding carboxylic acids is 1. The van der Waals surface area contributed by atoms with Crippen molar-refractivity contribution < 1.29 is 14.3 Å². The maximum Gasteiger partial charge on any atom is 0.255 e. The Morgan fingerprint density at radius 3 is 2.82 bits per heavy atom. The first-order chi connectivity index (χ1) is 16.6. The van der Waals surface area contributed by atoms with Crippen molar-refractivity contribution in [2.75, 3.05) is 39.9 Å². The number of pyridine rings is 1. The van der Waals surface area contributed by atoms with Gasteiger partial charge in [0.25, 0.3) is 5.91 Å². The van der Waals surface area contributed by atoms with Gasteiger partial charge in [0.1, 0.15) is 18.1 Å². The molecule has 0 N–H and O–H groups in total. The average molecular weight is 463 g/mol. The van der Waals surface area contributed by atoms with Crippen LogP contribution in [0.15, 0.2) is 52.6 Å². The molecule has 1 aromatic carbocycles. The van der Waals surface area contributed by atoms with E-state index < -0.39 is 0 Å². The summed E-state index contributed by atoms with van der Waals surface area (Å²) in [4.78, 5) is 31.3. The van der Waals surface area contributed by atoms with Crippen molar-refractivity contribution in [2.45, 2.75) is 19.1 Å². The van der Waals surface area contributed by atoms with E-state index in [0.717, 1.165) is 23.9 Å². The van der Waals surface area contributed by atoms with Gasteiger partial charge in [-0.05, 0) is 30.7 Å². The Bertz CT molecular complexity index is 1280. The summed E-state index contributed by atoms with van der Waals surface area (Å²) in [6.07, 6.45) is 5.98. The van der Waals surface area contributed by atoms with Crippen LogP contribution in [0.2, 0.25) is 0 Å². The molecule has 1 unspecified atom stereocenters. The smallest absolute Gasteiger partial charge is 0.255 e. The van der Waals surface area contributed by atoms with Gasteiger partial charge in [0.2, 0.25) is 5.43 Å². The summed E-state index contributed by atoms with van der Waals surface area (Å²) in [6, 6.07) is 8.78. The summed E-state index contributed by atoms with van der Waals surface area (Å²) >= 11 is 0. The molecule has 0 radical (unpaired) electrons. The van der Waals surface area contributed by atoms with Crippen LogP contribution in [0.4, 0.5) is 0 Å². The zero-order chi connectivity index (χ0) is 23.5. The highest BCUT2D eigenvalue weighted by atomic mass is 16.5. The molecule has 1 atom stereocenters. The third-order valence-corrected chi connectivity index (χ3v) is 6.00. The number of hydrogen-bond donors (Lipinski definition) is 0. The van der Waals surface area contributed by atoms with Crippen molar-refractivity contribution in [3.8, 4) is 5.75 Å². The van der Waals surface area contributed by atoms with Crippen LogP contribution >= 0.6 is 0 Å². The van der Waals surface area contributed by atoms with Gasteiger partial charge in [-0.2, -0.15) is 10.2 Å². The van der Waals surface area contributed by atoms with Gasteiger partial charge in [0, 0.05) is 56.7 Å². The van der Waals surface area contributed by atoms with Crippen molar-refractivity contribution in [1.82, 2.24) is 24.7 Å². The van der Waals surface area contributed by atoms with Crippen molar-refractivity contribution in [2.24, 2.45) is 5.10 Å². The van der Waals surface area contributed by atoms with Gasteiger partial charge in [-0.3, -0.25) is 19.3 Å². The molecule has 5 rings (SSSR count). The van der Waals surface area contributed by atoms with Crippen LogP contribution in [0, 0.1) is 0 Å². The van der Waals surface area contributed by atoms with Crippen LogP contribution in [-0.2, 0) is 11.3 Å². The quantitative estimate of drug-likeness (QED) is 0.569. The summed E-state index contributed by atoms with van der Waals surface area (Å²) in [5.41, 5.74) is 1.43. The predicted octanol–water partition coefficient (Wildman–Crippen LogP) is 1.71. The fourth-order valence-corrected chi connectivity index (χ4v) is 4.01. The van der Waals surface area contributed by atoms with E-state index in [9.17, 15) is 9.59 Å². The minimum Gasteiger partial charge on any atom is -0.487 e. The number of nitrogens with zero attached hydrogens (tertiary/aromatic N) is 6. The van der Waals surface area contributed by atoms with Crippen LogP contribution in [0.25, 0.3) is 10.9 Å². The maximum absolute atomic E-state index is 12.8. The normalized spacial score (nSPS) is 18.3. The highest BCUT2D eigenvalue weighted by Gasteiger charge is 2.19. The van der Waals surface area contributed by atoms with Gasteiger partial charge in [-0.25, -0.2) is 0 Å². The van der Waals surface area contributed by atoms with Gasteiger partial charge in [-0.1, -0.05) is 0 Å². The zero-order valence-corrected chi connectivity index (χ0v) is 19.0. The number of ether oxygens (including phenoxy) is 2. The Kier molecular flexibility index (Phi) is 6.22. The molecule has 4 heterocycles. The number of rotatable bonds is 5. The van der Waals surface area contributed by atoms with Crippen LogP contribution in [-0.4, -0.2) is 76.7 Å². The van der Waals surface area contributed by atoms with E-state index in [1.165, 1.54) is 6.07 Å². The third kappa shape index (κ3) is 4.76. The fraction of sp³-hybridized carbons (Fsp3) is 0.375. The van der Waals surface area contributed by atoms with E-state index >= 15 is 0 Å². The molecule has 10 heteroatoms. The Hall–Kier alpha value is -3.79. The molecule has 34 heavy (non-hydrogen) atoms. The standard InChI is InChI=1S/C24H26N6O4/c1-28-6-4-19(15-26-28)30-7-5-23(31)22(27-30)16-34-20-2-3-21-17(13-20)12-18(14-25-21)24(32)29-8-10-33-11-9-29/h2-3,5,7,12-15,19H,4,6,8-11,16H2,1H3. The largest absolute Gasteiger partial charge is 0.487 e. The lowest BCUT2D eigenvalue weighted by molar-refractivity contribution is 0.0302. The highest BCUT2D eigenvalue weighted by Crippen LogP contribution is 2.22. The Balaban J connectivity index is 1.32. The van der Waals surface area contributed by atoms with Crippen molar-refractivity contribution in [3.05, 3.63) is 64.2 Å². The van der Waals surface area contributed by atoms with Crippen molar-refractivity contribution in [1.29, 1.82) is 0 Å². The molecule has 2 aromatic heterocycles. The minimum absolute atomic E-state index is 0.00437. The molecule has 3 aromatic rings. The average Bonchev–Trinajstić information content (AvgIpc) is 2.88. The Labute approximate surface area is 196 Å². The van der Waals surface area contributed by atoms with E-state index in [1.807, 2.05) is 36.5 Å².